The monoisotopic (exact) mass is 496 g/mol. The maximum absolute atomic E-state index is 12.5. The van der Waals surface area contributed by atoms with Crippen molar-refractivity contribution in [1.82, 2.24) is 4.90 Å². The van der Waals surface area contributed by atoms with E-state index in [2.05, 4.69) is 18.3 Å². The zero-order valence-corrected chi connectivity index (χ0v) is 19.5. The van der Waals surface area contributed by atoms with E-state index in [4.69, 9.17) is 4.74 Å². The van der Waals surface area contributed by atoms with Gasteiger partial charge in [0.15, 0.2) is 6.61 Å². The summed E-state index contributed by atoms with van der Waals surface area (Å²) in [7, 11) is 0. The Balaban J connectivity index is 1.31. The summed E-state index contributed by atoms with van der Waals surface area (Å²) in [6.45, 7) is 1.18. The molecule has 0 saturated heterocycles. The van der Waals surface area contributed by atoms with Crippen LogP contribution in [0.1, 0.15) is 56.5 Å². The molecule has 1 unspecified atom stereocenters. The molecule has 1 atom stereocenters. The molecule has 0 radical (unpaired) electrons. The molecule has 0 fully saturated rings. The second-order valence-corrected chi connectivity index (χ2v) is 9.45. The predicted octanol–water partition coefficient (Wildman–Crippen LogP) is 2.82. The Morgan fingerprint density at radius 3 is 2.83 bits per heavy atom. The van der Waals surface area contributed by atoms with Gasteiger partial charge in [0.1, 0.15) is 16.6 Å². The molecule has 0 saturated carbocycles. The third kappa shape index (κ3) is 4.63. The topological polar surface area (TPSA) is 160 Å². The number of nitriles is 1. The van der Waals surface area contributed by atoms with Crippen LogP contribution in [0.25, 0.3) is 0 Å². The van der Waals surface area contributed by atoms with Gasteiger partial charge in [0.25, 0.3) is 23.4 Å². The van der Waals surface area contributed by atoms with Crippen molar-refractivity contribution in [3.8, 4) is 6.07 Å². The average Bonchev–Trinajstić information content (AvgIpc) is 3.29. The number of carbonyl (C=O) groups is 4. The first-order chi connectivity index (χ1) is 16.7. The molecule has 3 amide bonds. The van der Waals surface area contributed by atoms with Crippen molar-refractivity contribution in [2.75, 3.05) is 18.5 Å². The minimum absolute atomic E-state index is 0.0988. The Labute approximate surface area is 203 Å². The minimum atomic E-state index is -0.858. The van der Waals surface area contributed by atoms with Crippen LogP contribution < -0.4 is 5.32 Å². The summed E-state index contributed by atoms with van der Waals surface area (Å²) >= 11 is 1.35. The van der Waals surface area contributed by atoms with Crippen LogP contribution in [0.5, 0.6) is 0 Å². The standard InChI is InChI=1S/C23H20N4O7S/c1-12-5-6-13-15(10-24)21(35-17(13)9-12)25-18(28)11-34-19(29)7-8-26-22(30)14-3-2-4-16(27(32)33)20(14)23(26)31/h2-4,12H,5-9,11H2,1H3,(H,25,28). The molecular weight excluding hydrogens is 476 g/mol. The lowest BCUT2D eigenvalue weighted by Gasteiger charge is -2.17. The van der Waals surface area contributed by atoms with Gasteiger partial charge in [-0.2, -0.15) is 5.26 Å². The number of fused-ring (bicyclic) bond motifs is 2. The van der Waals surface area contributed by atoms with Crippen LogP contribution in [0.4, 0.5) is 10.7 Å². The number of thiophene rings is 1. The Morgan fingerprint density at radius 1 is 1.34 bits per heavy atom. The normalized spacial score (nSPS) is 16.3. The molecule has 0 bridgehead atoms. The molecule has 1 N–H and O–H groups in total. The molecule has 0 spiro atoms. The molecule has 35 heavy (non-hydrogen) atoms. The molecule has 11 nitrogen and oxygen atoms in total. The highest BCUT2D eigenvalue weighted by molar-refractivity contribution is 7.16. The summed E-state index contributed by atoms with van der Waals surface area (Å²) in [4.78, 5) is 61.7. The van der Waals surface area contributed by atoms with Crippen LogP contribution >= 0.6 is 11.3 Å². The summed E-state index contributed by atoms with van der Waals surface area (Å²) in [5.74, 6) is -2.53. The first kappa shape index (κ1) is 24.0. The molecule has 2 aliphatic rings. The molecule has 4 rings (SSSR count). The van der Waals surface area contributed by atoms with Crippen LogP contribution in [0.15, 0.2) is 18.2 Å². The quantitative estimate of drug-likeness (QED) is 0.265. The minimum Gasteiger partial charge on any atom is -0.456 e. The lowest BCUT2D eigenvalue weighted by Crippen LogP contribution is -2.32. The van der Waals surface area contributed by atoms with E-state index in [0.717, 1.165) is 40.7 Å². The summed E-state index contributed by atoms with van der Waals surface area (Å²) in [6.07, 6.45) is 2.22. The predicted molar refractivity (Wildman–Crippen MR) is 123 cm³/mol. The molecule has 1 aromatic heterocycles. The van der Waals surface area contributed by atoms with Crippen LogP contribution in [0.3, 0.4) is 0 Å². The summed E-state index contributed by atoms with van der Waals surface area (Å²) in [6, 6.07) is 5.89. The molecular formula is C23H20N4O7S. The van der Waals surface area contributed by atoms with E-state index in [1.165, 1.54) is 23.5 Å². The highest BCUT2D eigenvalue weighted by Crippen LogP contribution is 2.39. The van der Waals surface area contributed by atoms with Gasteiger partial charge in [-0.1, -0.05) is 13.0 Å². The van der Waals surface area contributed by atoms with Crippen molar-refractivity contribution < 1.29 is 28.8 Å². The number of nitrogens with one attached hydrogen (secondary N) is 1. The van der Waals surface area contributed by atoms with Crippen LogP contribution in [0, 0.1) is 27.4 Å². The number of amides is 3. The zero-order chi connectivity index (χ0) is 25.3. The second kappa shape index (κ2) is 9.63. The van der Waals surface area contributed by atoms with E-state index in [-0.39, 0.29) is 24.1 Å². The Bertz CT molecular complexity index is 1310. The fourth-order valence-corrected chi connectivity index (χ4v) is 5.59. The maximum atomic E-state index is 12.5. The number of ether oxygens (including phenoxy) is 1. The number of benzene rings is 1. The van der Waals surface area contributed by atoms with Crippen molar-refractivity contribution in [3.05, 3.63) is 55.4 Å². The number of nitro groups is 1. The van der Waals surface area contributed by atoms with E-state index in [0.29, 0.717) is 16.5 Å². The van der Waals surface area contributed by atoms with Gasteiger partial charge in [-0.25, -0.2) is 0 Å². The van der Waals surface area contributed by atoms with E-state index in [1.807, 2.05) is 0 Å². The van der Waals surface area contributed by atoms with Gasteiger partial charge in [-0.05, 0) is 36.8 Å². The molecule has 1 aromatic carbocycles. The lowest BCUT2D eigenvalue weighted by atomic mass is 9.89. The van der Waals surface area contributed by atoms with E-state index in [1.54, 1.807) is 0 Å². The van der Waals surface area contributed by atoms with Gasteiger partial charge in [0.05, 0.1) is 22.5 Å². The van der Waals surface area contributed by atoms with Crippen molar-refractivity contribution in [1.29, 1.82) is 5.26 Å². The van der Waals surface area contributed by atoms with Crippen molar-refractivity contribution >= 4 is 45.7 Å². The fourth-order valence-electron chi connectivity index (χ4n) is 4.21. The van der Waals surface area contributed by atoms with Gasteiger partial charge in [0.2, 0.25) is 0 Å². The molecule has 2 heterocycles. The number of nitrogens with zero attached hydrogens (tertiary/aromatic N) is 3. The Kier molecular flexibility index (Phi) is 6.61. The number of hydrogen-bond acceptors (Lipinski definition) is 9. The van der Waals surface area contributed by atoms with Crippen molar-refractivity contribution in [3.63, 3.8) is 0 Å². The first-order valence-electron chi connectivity index (χ1n) is 10.8. The third-order valence-electron chi connectivity index (χ3n) is 5.95. The lowest BCUT2D eigenvalue weighted by molar-refractivity contribution is -0.385. The molecule has 2 aromatic rings. The summed E-state index contributed by atoms with van der Waals surface area (Å²) in [5.41, 5.74) is 0.513. The number of anilines is 1. The van der Waals surface area contributed by atoms with E-state index in [9.17, 15) is 34.6 Å². The zero-order valence-electron chi connectivity index (χ0n) is 18.7. The van der Waals surface area contributed by atoms with Crippen LogP contribution in [0.2, 0.25) is 0 Å². The van der Waals surface area contributed by atoms with E-state index >= 15 is 0 Å². The smallest absolute Gasteiger partial charge is 0.308 e. The Morgan fingerprint density at radius 2 is 2.11 bits per heavy atom. The van der Waals surface area contributed by atoms with Crippen LogP contribution in [-0.2, 0) is 27.2 Å². The summed E-state index contributed by atoms with van der Waals surface area (Å²) in [5, 5.41) is 23.7. The highest BCUT2D eigenvalue weighted by atomic mass is 32.1. The average molecular weight is 497 g/mol. The van der Waals surface area contributed by atoms with Gasteiger partial charge >= 0.3 is 5.97 Å². The number of nitro benzene ring substituents is 1. The van der Waals surface area contributed by atoms with Gasteiger partial charge in [-0.15, -0.1) is 11.3 Å². The van der Waals surface area contributed by atoms with Gasteiger partial charge < -0.3 is 10.1 Å². The summed E-state index contributed by atoms with van der Waals surface area (Å²) < 4.78 is 4.95. The number of rotatable bonds is 7. The number of esters is 1. The second-order valence-electron chi connectivity index (χ2n) is 8.35. The van der Waals surface area contributed by atoms with Gasteiger partial charge in [-0.3, -0.25) is 34.2 Å². The first-order valence-corrected chi connectivity index (χ1v) is 11.7. The Hall–Kier alpha value is -4.11. The van der Waals surface area contributed by atoms with Gasteiger partial charge in [0, 0.05) is 17.5 Å². The van der Waals surface area contributed by atoms with E-state index < -0.39 is 40.9 Å². The third-order valence-corrected chi connectivity index (χ3v) is 7.12. The molecule has 12 heteroatoms. The molecule has 1 aliphatic heterocycles. The van der Waals surface area contributed by atoms with Crippen LogP contribution in [-0.4, -0.2) is 46.7 Å². The molecule has 1 aliphatic carbocycles. The largest absolute Gasteiger partial charge is 0.456 e. The fraction of sp³-hybridized carbons (Fsp3) is 0.348. The number of imide groups is 1. The molecule has 180 valence electrons. The van der Waals surface area contributed by atoms with Crippen molar-refractivity contribution in [2.45, 2.75) is 32.6 Å². The maximum Gasteiger partial charge on any atom is 0.308 e. The number of hydrogen-bond donors (Lipinski definition) is 1. The van der Waals surface area contributed by atoms with Crippen molar-refractivity contribution in [2.24, 2.45) is 5.92 Å². The number of carbonyl (C=O) groups excluding carboxylic acids is 4. The highest BCUT2D eigenvalue weighted by Gasteiger charge is 2.40. The SMILES string of the molecule is CC1CCc2c(sc(NC(=O)COC(=O)CCN3C(=O)c4cccc([N+](=O)[O-])c4C3=O)c2C#N)C1.